The number of nitrogens with zero attached hydrogens (tertiary/aromatic N) is 1. The number of ether oxygens (including phenoxy) is 1. The summed E-state index contributed by atoms with van der Waals surface area (Å²) in [4.78, 5) is 29.7. The molecule has 0 unspecified atom stereocenters. The Morgan fingerprint density at radius 1 is 0.968 bits per heavy atom. The van der Waals surface area contributed by atoms with Crippen molar-refractivity contribution in [1.29, 1.82) is 0 Å². The highest BCUT2D eigenvalue weighted by atomic mass is 79.9. The van der Waals surface area contributed by atoms with E-state index in [1.165, 1.54) is 0 Å². The number of carbonyl (C=O) groups excluding carboxylic acids is 2. The van der Waals surface area contributed by atoms with Crippen LogP contribution in [0.3, 0.4) is 0 Å². The van der Waals surface area contributed by atoms with Crippen molar-refractivity contribution in [2.45, 2.75) is 0 Å². The third kappa shape index (κ3) is 4.93. The topological polar surface area (TPSA) is 68.3 Å². The molecule has 0 saturated carbocycles. The molecule has 5 nitrogen and oxygen atoms in total. The molecule has 1 heterocycles. The highest BCUT2D eigenvalue weighted by Crippen LogP contribution is 2.26. The number of anilines is 1. The number of pyridine rings is 1. The predicted octanol–water partition coefficient (Wildman–Crippen LogP) is 6.11. The molecular formula is C24H16BrClN2O3. The second kappa shape index (κ2) is 9.29. The minimum absolute atomic E-state index is 0.351. The van der Waals surface area contributed by atoms with E-state index < -0.39 is 18.5 Å². The fourth-order valence-electron chi connectivity index (χ4n) is 3.08. The van der Waals surface area contributed by atoms with Crippen LogP contribution in [0.1, 0.15) is 10.4 Å². The average molecular weight is 496 g/mol. The van der Waals surface area contributed by atoms with Gasteiger partial charge in [0.05, 0.1) is 21.8 Å². The molecule has 31 heavy (non-hydrogen) atoms. The van der Waals surface area contributed by atoms with Gasteiger partial charge in [0.1, 0.15) is 0 Å². The number of para-hydroxylation sites is 1. The van der Waals surface area contributed by atoms with E-state index in [0.717, 1.165) is 10.0 Å². The molecule has 0 spiro atoms. The Balaban J connectivity index is 1.54. The molecule has 0 atom stereocenters. The summed E-state index contributed by atoms with van der Waals surface area (Å²) in [6.45, 7) is -0.427. The fourth-order valence-corrected chi connectivity index (χ4v) is 3.51. The van der Waals surface area contributed by atoms with Gasteiger partial charge in [0.2, 0.25) is 0 Å². The predicted molar refractivity (Wildman–Crippen MR) is 125 cm³/mol. The van der Waals surface area contributed by atoms with E-state index in [1.807, 2.05) is 48.5 Å². The number of carbonyl (C=O) groups is 2. The van der Waals surface area contributed by atoms with E-state index in [0.29, 0.717) is 32.9 Å². The van der Waals surface area contributed by atoms with E-state index in [4.69, 9.17) is 16.3 Å². The summed E-state index contributed by atoms with van der Waals surface area (Å²) in [6.07, 6.45) is 0. The molecule has 154 valence electrons. The lowest BCUT2D eigenvalue weighted by Gasteiger charge is -2.11. The Kier molecular flexibility index (Phi) is 6.30. The first-order chi connectivity index (χ1) is 15.0. The van der Waals surface area contributed by atoms with Crippen LogP contribution in [0.25, 0.3) is 22.2 Å². The Labute approximate surface area is 192 Å². The molecule has 0 saturated heterocycles. The molecule has 4 rings (SSSR count). The number of rotatable bonds is 5. The van der Waals surface area contributed by atoms with E-state index in [-0.39, 0.29) is 0 Å². The molecule has 0 aliphatic heterocycles. The zero-order valence-electron chi connectivity index (χ0n) is 16.1. The lowest BCUT2D eigenvalue weighted by molar-refractivity contribution is -0.119. The molecule has 3 aromatic carbocycles. The van der Waals surface area contributed by atoms with Gasteiger partial charge in [-0.25, -0.2) is 9.78 Å². The quantitative estimate of drug-likeness (QED) is 0.339. The average Bonchev–Trinajstić information content (AvgIpc) is 2.79. The third-order valence-electron chi connectivity index (χ3n) is 4.54. The van der Waals surface area contributed by atoms with Crippen molar-refractivity contribution in [2.24, 2.45) is 0 Å². The van der Waals surface area contributed by atoms with Crippen molar-refractivity contribution >= 4 is 56.0 Å². The minimum atomic E-state index is -0.597. The highest BCUT2D eigenvalue weighted by Gasteiger charge is 2.16. The number of nitrogens with one attached hydrogen (secondary N) is 1. The second-order valence-electron chi connectivity index (χ2n) is 6.69. The van der Waals surface area contributed by atoms with Crippen LogP contribution in [0.5, 0.6) is 0 Å². The molecule has 7 heteroatoms. The first-order valence-electron chi connectivity index (χ1n) is 9.38. The monoisotopic (exact) mass is 494 g/mol. The minimum Gasteiger partial charge on any atom is -0.452 e. The molecule has 0 aliphatic rings. The van der Waals surface area contributed by atoms with Crippen LogP contribution in [0.15, 0.2) is 83.3 Å². The van der Waals surface area contributed by atoms with Gasteiger partial charge in [0, 0.05) is 21.1 Å². The summed E-state index contributed by atoms with van der Waals surface area (Å²) in [6, 6.07) is 23.6. The van der Waals surface area contributed by atoms with Gasteiger partial charge in [-0.05, 0) is 46.3 Å². The maximum absolute atomic E-state index is 12.8. The number of halogens is 2. The first kappa shape index (κ1) is 21.0. The zero-order valence-corrected chi connectivity index (χ0v) is 18.5. The van der Waals surface area contributed by atoms with E-state index >= 15 is 0 Å². The second-order valence-corrected chi connectivity index (χ2v) is 7.95. The van der Waals surface area contributed by atoms with Crippen LogP contribution in [-0.4, -0.2) is 23.5 Å². The van der Waals surface area contributed by atoms with Gasteiger partial charge >= 0.3 is 5.97 Å². The van der Waals surface area contributed by atoms with Gasteiger partial charge in [-0.1, -0.05) is 60.1 Å². The summed E-state index contributed by atoms with van der Waals surface area (Å²) < 4.78 is 6.01. The maximum Gasteiger partial charge on any atom is 0.339 e. The number of esters is 1. The lowest BCUT2D eigenvalue weighted by atomic mass is 10.0. The SMILES string of the molecule is O=C(COC(=O)c1cc(-c2ccccc2)nc2ccccc12)Nc1ccc(Br)c(Cl)c1. The standard InChI is InChI=1S/C24H16BrClN2O3/c25-19-11-10-16(12-20(19)26)27-23(29)14-31-24(30)18-13-22(15-6-2-1-3-7-15)28-21-9-5-4-8-17(18)21/h1-13H,14H2,(H,27,29). The molecule has 1 aromatic heterocycles. The molecule has 0 fully saturated rings. The number of amides is 1. The zero-order chi connectivity index (χ0) is 21.8. The summed E-state index contributed by atoms with van der Waals surface area (Å²) in [7, 11) is 0. The summed E-state index contributed by atoms with van der Waals surface area (Å²) in [5.41, 5.74) is 3.07. The number of benzene rings is 3. The number of aromatic nitrogens is 1. The van der Waals surface area contributed by atoms with Crippen molar-refractivity contribution in [3.63, 3.8) is 0 Å². The highest BCUT2D eigenvalue weighted by molar-refractivity contribution is 9.10. The fraction of sp³-hybridized carbons (Fsp3) is 0.0417. The molecule has 0 radical (unpaired) electrons. The van der Waals surface area contributed by atoms with Crippen molar-refractivity contribution in [3.05, 3.63) is 93.9 Å². The molecule has 1 N–H and O–H groups in total. The molecule has 0 bridgehead atoms. The molecular weight excluding hydrogens is 480 g/mol. The van der Waals surface area contributed by atoms with Gasteiger partial charge < -0.3 is 10.1 Å². The van der Waals surface area contributed by atoms with E-state index in [9.17, 15) is 9.59 Å². The lowest BCUT2D eigenvalue weighted by Crippen LogP contribution is -2.21. The van der Waals surface area contributed by atoms with Crippen molar-refractivity contribution < 1.29 is 14.3 Å². The van der Waals surface area contributed by atoms with Crippen LogP contribution in [0, 0.1) is 0 Å². The van der Waals surface area contributed by atoms with Crippen molar-refractivity contribution in [1.82, 2.24) is 4.98 Å². The van der Waals surface area contributed by atoms with E-state index in [1.54, 1.807) is 30.3 Å². The van der Waals surface area contributed by atoms with Crippen LogP contribution >= 0.6 is 27.5 Å². The third-order valence-corrected chi connectivity index (χ3v) is 5.78. The van der Waals surface area contributed by atoms with Gasteiger partial charge in [0.25, 0.3) is 5.91 Å². The smallest absolute Gasteiger partial charge is 0.339 e. The molecule has 0 aliphatic carbocycles. The van der Waals surface area contributed by atoms with Gasteiger partial charge in [-0.3, -0.25) is 4.79 Å². The normalized spacial score (nSPS) is 10.6. The summed E-state index contributed by atoms with van der Waals surface area (Å²) in [5, 5.41) is 3.78. The number of hydrogen-bond donors (Lipinski definition) is 1. The maximum atomic E-state index is 12.8. The van der Waals surface area contributed by atoms with E-state index in [2.05, 4.69) is 26.2 Å². The number of hydrogen-bond acceptors (Lipinski definition) is 4. The Morgan fingerprint density at radius 3 is 2.48 bits per heavy atom. The van der Waals surface area contributed by atoms with Crippen molar-refractivity contribution in [3.8, 4) is 11.3 Å². The first-order valence-corrected chi connectivity index (χ1v) is 10.6. The van der Waals surface area contributed by atoms with Gasteiger partial charge in [0.15, 0.2) is 6.61 Å². The van der Waals surface area contributed by atoms with Gasteiger partial charge in [-0.2, -0.15) is 0 Å². The molecule has 1 amide bonds. The summed E-state index contributed by atoms with van der Waals surface area (Å²) in [5.74, 6) is -1.06. The van der Waals surface area contributed by atoms with Crippen LogP contribution < -0.4 is 5.32 Å². The Bertz CT molecular complexity index is 1280. The van der Waals surface area contributed by atoms with Crippen molar-refractivity contribution in [2.75, 3.05) is 11.9 Å². The number of fused-ring (bicyclic) bond motifs is 1. The van der Waals surface area contributed by atoms with Crippen LogP contribution in [-0.2, 0) is 9.53 Å². The largest absolute Gasteiger partial charge is 0.452 e. The van der Waals surface area contributed by atoms with Crippen LogP contribution in [0.2, 0.25) is 5.02 Å². The Morgan fingerprint density at radius 2 is 1.71 bits per heavy atom. The summed E-state index contributed by atoms with van der Waals surface area (Å²) >= 11 is 9.33. The molecule has 4 aromatic rings. The Hall–Kier alpha value is -3.22. The van der Waals surface area contributed by atoms with Gasteiger partial charge in [-0.15, -0.1) is 0 Å². The van der Waals surface area contributed by atoms with Crippen LogP contribution in [0.4, 0.5) is 5.69 Å².